The Hall–Kier alpha value is -1.51. The maximum atomic E-state index is 10.9. The zero-order valence-electron chi connectivity index (χ0n) is 7.36. The topological polar surface area (TPSA) is 38.3 Å². The monoisotopic (exact) mass is 177 g/mol. The summed E-state index contributed by atoms with van der Waals surface area (Å²) in [5, 5.41) is 2.70. The van der Waals surface area contributed by atoms with Crippen molar-refractivity contribution in [3.05, 3.63) is 35.9 Å². The molecule has 13 heavy (non-hydrogen) atoms. The van der Waals surface area contributed by atoms with Crippen LogP contribution in [-0.4, -0.2) is 12.1 Å². The van der Waals surface area contributed by atoms with Crippen LogP contribution in [-0.2, 0) is 4.74 Å². The molecule has 2 rings (SSSR count). The number of rotatable bonds is 1. The van der Waals surface area contributed by atoms with Gasteiger partial charge in [-0.25, -0.2) is 4.79 Å². The van der Waals surface area contributed by atoms with Gasteiger partial charge in [-0.1, -0.05) is 30.3 Å². The van der Waals surface area contributed by atoms with E-state index in [1.54, 1.807) is 0 Å². The summed E-state index contributed by atoms with van der Waals surface area (Å²) in [5.41, 5.74) is 1.04. The smallest absolute Gasteiger partial charge is 0.408 e. The van der Waals surface area contributed by atoms with Gasteiger partial charge in [0, 0.05) is 0 Å². The van der Waals surface area contributed by atoms with Gasteiger partial charge in [0.2, 0.25) is 0 Å². The number of benzene rings is 1. The summed E-state index contributed by atoms with van der Waals surface area (Å²) in [5.74, 6) is 0. The Balaban J connectivity index is 2.23. The van der Waals surface area contributed by atoms with Crippen molar-refractivity contribution in [2.24, 2.45) is 0 Å². The first kappa shape index (κ1) is 8.10. The number of ether oxygens (including phenoxy) is 1. The van der Waals surface area contributed by atoms with Crippen molar-refractivity contribution < 1.29 is 9.53 Å². The van der Waals surface area contributed by atoms with Crippen molar-refractivity contribution in [2.75, 3.05) is 0 Å². The zero-order chi connectivity index (χ0) is 9.26. The van der Waals surface area contributed by atoms with Crippen molar-refractivity contribution in [3.63, 3.8) is 0 Å². The molecular weight excluding hydrogens is 166 g/mol. The van der Waals surface area contributed by atoms with Crippen molar-refractivity contribution in [1.82, 2.24) is 5.32 Å². The third kappa shape index (κ3) is 1.49. The van der Waals surface area contributed by atoms with Crippen LogP contribution in [0.15, 0.2) is 30.3 Å². The Bertz CT molecular complexity index is 310. The van der Waals surface area contributed by atoms with Gasteiger partial charge in [-0.3, -0.25) is 0 Å². The molecule has 1 aliphatic heterocycles. The van der Waals surface area contributed by atoms with E-state index in [0.717, 1.165) is 5.56 Å². The first-order chi connectivity index (χ1) is 6.27. The molecule has 0 spiro atoms. The molecule has 1 aliphatic rings. The average molecular weight is 177 g/mol. The molecule has 1 amide bonds. The Morgan fingerprint density at radius 1 is 1.31 bits per heavy atom. The third-order valence-corrected chi connectivity index (χ3v) is 2.16. The predicted molar refractivity (Wildman–Crippen MR) is 48.3 cm³/mol. The third-order valence-electron chi connectivity index (χ3n) is 2.16. The summed E-state index contributed by atoms with van der Waals surface area (Å²) < 4.78 is 5.11. The van der Waals surface area contributed by atoms with Crippen LogP contribution >= 0.6 is 0 Å². The molecule has 68 valence electrons. The summed E-state index contributed by atoms with van der Waals surface area (Å²) in [6.07, 6.45) is -0.477. The molecule has 3 nitrogen and oxygen atoms in total. The molecule has 1 fully saturated rings. The van der Waals surface area contributed by atoms with E-state index in [1.807, 2.05) is 37.3 Å². The van der Waals surface area contributed by atoms with Gasteiger partial charge in [0.05, 0.1) is 6.04 Å². The van der Waals surface area contributed by atoms with Gasteiger partial charge in [0.15, 0.2) is 0 Å². The fourth-order valence-corrected chi connectivity index (χ4v) is 1.51. The van der Waals surface area contributed by atoms with Crippen LogP contribution in [0.2, 0.25) is 0 Å². The van der Waals surface area contributed by atoms with Gasteiger partial charge < -0.3 is 10.1 Å². The van der Waals surface area contributed by atoms with Gasteiger partial charge in [-0.05, 0) is 12.5 Å². The molecule has 2 atom stereocenters. The molecule has 1 heterocycles. The Kier molecular flexibility index (Phi) is 1.93. The summed E-state index contributed by atoms with van der Waals surface area (Å²) >= 11 is 0. The van der Waals surface area contributed by atoms with E-state index in [-0.39, 0.29) is 18.2 Å². The van der Waals surface area contributed by atoms with Crippen LogP contribution in [0.25, 0.3) is 0 Å². The van der Waals surface area contributed by atoms with Gasteiger partial charge >= 0.3 is 6.09 Å². The molecule has 0 saturated carbocycles. The van der Waals surface area contributed by atoms with Crippen molar-refractivity contribution in [3.8, 4) is 0 Å². The minimum absolute atomic E-state index is 0.0508. The second kappa shape index (κ2) is 3.09. The van der Waals surface area contributed by atoms with Crippen LogP contribution in [0.4, 0.5) is 4.79 Å². The predicted octanol–water partition coefficient (Wildman–Crippen LogP) is 1.86. The second-order valence-corrected chi connectivity index (χ2v) is 3.17. The highest BCUT2D eigenvalue weighted by molar-refractivity contribution is 5.70. The van der Waals surface area contributed by atoms with Gasteiger partial charge in [0.25, 0.3) is 0 Å². The molecule has 3 heteroatoms. The Labute approximate surface area is 76.7 Å². The zero-order valence-corrected chi connectivity index (χ0v) is 7.36. The van der Waals surface area contributed by atoms with E-state index < -0.39 is 0 Å². The van der Waals surface area contributed by atoms with Crippen LogP contribution < -0.4 is 5.32 Å². The number of nitrogens with one attached hydrogen (secondary N) is 1. The fourth-order valence-electron chi connectivity index (χ4n) is 1.51. The second-order valence-electron chi connectivity index (χ2n) is 3.17. The van der Waals surface area contributed by atoms with Crippen molar-refractivity contribution in [2.45, 2.75) is 19.1 Å². The van der Waals surface area contributed by atoms with Gasteiger partial charge in [-0.15, -0.1) is 0 Å². The molecule has 1 aromatic carbocycles. The summed E-state index contributed by atoms with van der Waals surface area (Å²) in [4.78, 5) is 10.9. The van der Waals surface area contributed by atoms with Crippen molar-refractivity contribution in [1.29, 1.82) is 0 Å². The molecule has 1 N–H and O–H groups in total. The van der Waals surface area contributed by atoms with Crippen LogP contribution in [0.3, 0.4) is 0 Å². The quantitative estimate of drug-likeness (QED) is 0.711. The lowest BCUT2D eigenvalue weighted by Gasteiger charge is -2.12. The number of hydrogen-bond acceptors (Lipinski definition) is 2. The van der Waals surface area contributed by atoms with E-state index in [2.05, 4.69) is 5.32 Å². The molecule has 0 aromatic heterocycles. The maximum Gasteiger partial charge on any atom is 0.408 e. The lowest BCUT2D eigenvalue weighted by atomic mass is 10.0. The van der Waals surface area contributed by atoms with Gasteiger partial charge in [0.1, 0.15) is 6.10 Å². The highest BCUT2D eigenvalue weighted by Crippen LogP contribution is 2.25. The van der Waals surface area contributed by atoms with E-state index in [1.165, 1.54) is 0 Å². The van der Waals surface area contributed by atoms with Crippen molar-refractivity contribution >= 4 is 6.09 Å². The number of amides is 1. The SMILES string of the molecule is CC1NC(=O)O[C@H]1c1ccccc1. The normalized spacial score (nSPS) is 26.7. The number of carbonyl (C=O) groups is 1. The number of alkyl carbamates (subject to hydrolysis) is 1. The van der Waals surface area contributed by atoms with E-state index in [9.17, 15) is 4.79 Å². The Morgan fingerprint density at radius 2 is 2.00 bits per heavy atom. The maximum absolute atomic E-state index is 10.9. The minimum Gasteiger partial charge on any atom is -0.439 e. The highest BCUT2D eigenvalue weighted by Gasteiger charge is 2.31. The number of cyclic esters (lactones) is 1. The molecule has 1 saturated heterocycles. The molecule has 1 unspecified atom stereocenters. The minimum atomic E-state index is -0.332. The molecule has 0 aliphatic carbocycles. The van der Waals surface area contributed by atoms with Crippen LogP contribution in [0.5, 0.6) is 0 Å². The summed E-state index contributed by atoms with van der Waals surface area (Å²) in [6.45, 7) is 1.93. The first-order valence-electron chi connectivity index (χ1n) is 4.29. The summed E-state index contributed by atoms with van der Waals surface area (Å²) in [7, 11) is 0. The van der Waals surface area contributed by atoms with Gasteiger partial charge in [-0.2, -0.15) is 0 Å². The molecule has 1 aromatic rings. The lowest BCUT2D eigenvalue weighted by molar-refractivity contribution is 0.134. The molecular formula is C10H11NO2. The lowest BCUT2D eigenvalue weighted by Crippen LogP contribution is -2.23. The number of hydrogen-bond donors (Lipinski definition) is 1. The average Bonchev–Trinajstić information content (AvgIpc) is 2.47. The first-order valence-corrected chi connectivity index (χ1v) is 4.29. The Morgan fingerprint density at radius 3 is 2.54 bits per heavy atom. The van der Waals surface area contributed by atoms with Crippen LogP contribution in [0.1, 0.15) is 18.6 Å². The highest BCUT2D eigenvalue weighted by atomic mass is 16.6. The fraction of sp³-hybridized carbons (Fsp3) is 0.300. The molecule has 0 radical (unpaired) electrons. The summed E-state index contributed by atoms with van der Waals surface area (Å²) in [6, 6.07) is 9.79. The van der Waals surface area contributed by atoms with Crippen LogP contribution in [0, 0.1) is 0 Å². The van der Waals surface area contributed by atoms with E-state index in [4.69, 9.17) is 4.74 Å². The largest absolute Gasteiger partial charge is 0.439 e. The van der Waals surface area contributed by atoms with E-state index >= 15 is 0 Å². The molecule has 0 bridgehead atoms. The number of carbonyl (C=O) groups excluding carboxylic acids is 1. The van der Waals surface area contributed by atoms with E-state index in [0.29, 0.717) is 0 Å². The standard InChI is InChI=1S/C10H11NO2/c1-7-9(13-10(12)11-7)8-5-3-2-4-6-8/h2-7,9H,1H3,(H,11,12)/t7?,9-/m1/s1.